The molecule has 2 aromatic rings. The van der Waals surface area contributed by atoms with Gasteiger partial charge in [0.1, 0.15) is 0 Å². The quantitative estimate of drug-likeness (QED) is 0.413. The van der Waals surface area contributed by atoms with Crippen LogP contribution >= 0.6 is 11.6 Å². The molecule has 2 aromatic carbocycles. The lowest BCUT2D eigenvalue weighted by molar-refractivity contribution is -0.138. The summed E-state index contributed by atoms with van der Waals surface area (Å²) in [5.41, 5.74) is -0.0562. The van der Waals surface area contributed by atoms with Crippen LogP contribution < -0.4 is 5.43 Å². The molecule has 0 spiro atoms. The Bertz CT molecular complexity index is 752. The predicted octanol–water partition coefficient (Wildman–Crippen LogP) is 5.82. The molecule has 2 nitrogen and oxygen atoms in total. The lowest BCUT2D eigenvalue weighted by Crippen LogP contribution is -2.09. The van der Waals surface area contributed by atoms with E-state index in [1.165, 1.54) is 18.2 Å². The van der Waals surface area contributed by atoms with Crippen molar-refractivity contribution in [2.24, 2.45) is 5.10 Å². The van der Waals surface area contributed by atoms with E-state index in [-0.39, 0.29) is 16.3 Å². The fourth-order valence-corrected chi connectivity index (χ4v) is 1.99. The average molecular weight is 367 g/mol. The molecule has 0 unspecified atom stereocenters. The molecule has 0 bridgehead atoms. The highest BCUT2D eigenvalue weighted by Gasteiger charge is 2.32. The Labute approximate surface area is 137 Å². The van der Waals surface area contributed by atoms with Crippen LogP contribution in [-0.4, -0.2) is 6.21 Å². The summed E-state index contributed by atoms with van der Waals surface area (Å²) in [5, 5.41) is 3.49. The minimum atomic E-state index is -4.58. The van der Waals surface area contributed by atoms with Gasteiger partial charge in [-0.3, -0.25) is 5.43 Å². The lowest BCUT2D eigenvalue weighted by Gasteiger charge is -2.11. The lowest BCUT2D eigenvalue weighted by atomic mass is 10.1. The van der Waals surface area contributed by atoms with Gasteiger partial charge in [0.25, 0.3) is 0 Å². The smallest absolute Gasteiger partial charge is 0.277 e. The number of anilines is 1. The maximum Gasteiger partial charge on any atom is 0.417 e. The summed E-state index contributed by atoms with van der Waals surface area (Å²) in [6.45, 7) is 0. The highest BCUT2D eigenvalue weighted by atomic mass is 35.5. The molecule has 24 heavy (non-hydrogen) atoms. The van der Waals surface area contributed by atoms with Crippen LogP contribution in [0.5, 0.6) is 0 Å². The van der Waals surface area contributed by atoms with Crippen molar-refractivity contribution < 1.29 is 26.3 Å². The zero-order chi connectivity index (χ0) is 18.0. The molecule has 0 aliphatic carbocycles. The fourth-order valence-electron chi connectivity index (χ4n) is 1.83. The summed E-state index contributed by atoms with van der Waals surface area (Å²) in [7, 11) is 0. The molecule has 2 rings (SSSR count). The molecule has 0 aliphatic heterocycles. The highest BCUT2D eigenvalue weighted by molar-refractivity contribution is 6.33. The van der Waals surface area contributed by atoms with E-state index in [0.717, 1.165) is 30.5 Å². The number of nitrogens with zero attached hydrogens (tertiary/aromatic N) is 1. The summed E-state index contributed by atoms with van der Waals surface area (Å²) in [6, 6.07) is 7.18. The first kappa shape index (κ1) is 18.1. The molecule has 0 fully saturated rings. The number of halogens is 7. The Morgan fingerprint density at radius 3 is 2.21 bits per heavy atom. The maximum atomic E-state index is 12.8. The second-order valence-corrected chi connectivity index (χ2v) is 5.05. The molecule has 0 saturated carbocycles. The summed E-state index contributed by atoms with van der Waals surface area (Å²) in [4.78, 5) is 0. The summed E-state index contributed by atoms with van der Waals surface area (Å²) >= 11 is 5.75. The molecule has 9 heteroatoms. The number of hydrogen-bond acceptors (Lipinski definition) is 2. The largest absolute Gasteiger partial charge is 0.417 e. The van der Waals surface area contributed by atoms with Gasteiger partial charge in [0.15, 0.2) is 0 Å². The van der Waals surface area contributed by atoms with Crippen molar-refractivity contribution in [1.82, 2.24) is 0 Å². The van der Waals surface area contributed by atoms with Crippen LogP contribution in [0.25, 0.3) is 0 Å². The van der Waals surface area contributed by atoms with Crippen molar-refractivity contribution in [3.63, 3.8) is 0 Å². The molecule has 1 N–H and O–H groups in total. The van der Waals surface area contributed by atoms with Gasteiger partial charge in [-0.15, -0.1) is 0 Å². The van der Waals surface area contributed by atoms with Gasteiger partial charge in [-0.1, -0.05) is 29.8 Å². The monoisotopic (exact) mass is 366 g/mol. The SMILES string of the molecule is FC(F)(F)c1ccc(Cl)c(NN=Cc2ccccc2C(F)(F)F)c1. The molecule has 0 aliphatic rings. The zero-order valence-electron chi connectivity index (χ0n) is 11.7. The van der Waals surface area contributed by atoms with E-state index in [9.17, 15) is 26.3 Å². The molecule has 0 saturated heterocycles. The van der Waals surface area contributed by atoms with Crippen molar-refractivity contribution in [3.8, 4) is 0 Å². The number of hydrazone groups is 1. The van der Waals surface area contributed by atoms with Gasteiger partial charge < -0.3 is 0 Å². The van der Waals surface area contributed by atoms with E-state index >= 15 is 0 Å². The van der Waals surface area contributed by atoms with E-state index in [1.807, 2.05) is 0 Å². The summed E-state index contributed by atoms with van der Waals surface area (Å²) in [5.74, 6) is 0. The van der Waals surface area contributed by atoms with Gasteiger partial charge in [0.2, 0.25) is 0 Å². The van der Waals surface area contributed by atoms with Crippen LogP contribution in [0.15, 0.2) is 47.6 Å². The first-order chi connectivity index (χ1) is 11.1. The first-order valence-electron chi connectivity index (χ1n) is 6.41. The zero-order valence-corrected chi connectivity index (χ0v) is 12.5. The normalized spacial score (nSPS) is 12.6. The van der Waals surface area contributed by atoms with E-state index in [0.29, 0.717) is 0 Å². The van der Waals surface area contributed by atoms with Gasteiger partial charge in [-0.05, 0) is 24.3 Å². The van der Waals surface area contributed by atoms with Gasteiger partial charge >= 0.3 is 12.4 Å². The third kappa shape index (κ3) is 4.41. The molecule has 0 radical (unpaired) electrons. The third-order valence-corrected chi connectivity index (χ3v) is 3.28. The van der Waals surface area contributed by atoms with Crippen LogP contribution in [0.4, 0.5) is 32.0 Å². The second kappa shape index (κ2) is 6.72. The standard InChI is InChI=1S/C15H9ClF6N2/c16-12-6-5-10(14(17,18)19)7-13(12)24-23-8-9-3-1-2-4-11(9)15(20,21)22/h1-8,24H. The van der Waals surface area contributed by atoms with E-state index in [1.54, 1.807) is 0 Å². The van der Waals surface area contributed by atoms with Crippen molar-refractivity contribution in [1.29, 1.82) is 0 Å². The van der Waals surface area contributed by atoms with E-state index < -0.39 is 23.5 Å². The highest BCUT2D eigenvalue weighted by Crippen LogP contribution is 2.34. The van der Waals surface area contributed by atoms with E-state index in [2.05, 4.69) is 10.5 Å². The Morgan fingerprint density at radius 1 is 0.917 bits per heavy atom. The minimum absolute atomic E-state index is 0.0516. The summed E-state index contributed by atoms with van der Waals surface area (Å²) in [6.07, 6.45) is -8.29. The molecule has 0 heterocycles. The summed E-state index contributed by atoms with van der Waals surface area (Å²) < 4.78 is 76.4. The third-order valence-electron chi connectivity index (χ3n) is 2.95. The molecular weight excluding hydrogens is 358 g/mol. The molecular formula is C15H9ClF6N2. The van der Waals surface area contributed by atoms with Crippen LogP contribution in [-0.2, 0) is 12.4 Å². The van der Waals surface area contributed by atoms with Gasteiger partial charge in [0, 0.05) is 5.56 Å². The average Bonchev–Trinajstić information content (AvgIpc) is 2.47. The van der Waals surface area contributed by atoms with Crippen LogP contribution in [0.1, 0.15) is 16.7 Å². The van der Waals surface area contributed by atoms with Crippen molar-refractivity contribution >= 4 is 23.5 Å². The number of benzene rings is 2. The maximum absolute atomic E-state index is 12.8. The Morgan fingerprint density at radius 2 is 1.58 bits per heavy atom. The van der Waals surface area contributed by atoms with Crippen molar-refractivity contribution in [2.75, 3.05) is 5.43 Å². The molecule has 0 atom stereocenters. The first-order valence-corrected chi connectivity index (χ1v) is 6.79. The second-order valence-electron chi connectivity index (χ2n) is 4.65. The Hall–Kier alpha value is -2.22. The molecule has 128 valence electrons. The van der Waals surface area contributed by atoms with Crippen molar-refractivity contribution in [3.05, 3.63) is 64.2 Å². The molecule has 0 amide bonds. The van der Waals surface area contributed by atoms with Crippen LogP contribution in [0.2, 0.25) is 5.02 Å². The topological polar surface area (TPSA) is 24.4 Å². The number of nitrogens with one attached hydrogen (secondary N) is 1. The minimum Gasteiger partial charge on any atom is -0.277 e. The Balaban J connectivity index is 2.25. The molecule has 0 aromatic heterocycles. The van der Waals surface area contributed by atoms with Crippen LogP contribution in [0, 0.1) is 0 Å². The van der Waals surface area contributed by atoms with Gasteiger partial charge in [-0.25, -0.2) is 0 Å². The number of rotatable bonds is 3. The Kier molecular flexibility index (Phi) is 5.08. The predicted molar refractivity (Wildman–Crippen MR) is 79.1 cm³/mol. The number of alkyl halides is 6. The van der Waals surface area contributed by atoms with Gasteiger partial charge in [-0.2, -0.15) is 31.4 Å². The van der Waals surface area contributed by atoms with Crippen molar-refractivity contribution in [2.45, 2.75) is 12.4 Å². The number of hydrogen-bond donors (Lipinski definition) is 1. The van der Waals surface area contributed by atoms with Crippen LogP contribution in [0.3, 0.4) is 0 Å². The van der Waals surface area contributed by atoms with Gasteiger partial charge in [0.05, 0.1) is 28.1 Å². The van der Waals surface area contributed by atoms with E-state index in [4.69, 9.17) is 11.6 Å². The fraction of sp³-hybridized carbons (Fsp3) is 0.133.